The monoisotopic (exact) mass is 334 g/mol. The van der Waals surface area contributed by atoms with Crippen molar-refractivity contribution in [2.75, 3.05) is 47.4 Å². The first kappa shape index (κ1) is 18.5. The second-order valence-corrected chi connectivity index (χ2v) is 6.34. The van der Waals surface area contributed by atoms with Gasteiger partial charge in [0.1, 0.15) is 5.75 Å². The normalized spacial score (nSPS) is 19.7. The van der Waals surface area contributed by atoms with E-state index in [0.717, 1.165) is 31.2 Å². The Morgan fingerprint density at radius 3 is 2.62 bits per heavy atom. The fraction of sp³-hybridized carbons (Fsp3) is 0.611. The third kappa shape index (κ3) is 4.85. The van der Waals surface area contributed by atoms with Gasteiger partial charge < -0.3 is 25.0 Å². The summed E-state index contributed by atoms with van der Waals surface area (Å²) in [5.41, 5.74) is 1.21. The third-order valence-electron chi connectivity index (χ3n) is 4.34. The van der Waals surface area contributed by atoms with E-state index in [0.29, 0.717) is 13.1 Å². The first-order chi connectivity index (χ1) is 11.5. The molecule has 0 saturated carbocycles. The van der Waals surface area contributed by atoms with Gasteiger partial charge in [0.2, 0.25) is 0 Å². The number of nitrogens with one attached hydrogen (secondary N) is 1. The zero-order valence-corrected chi connectivity index (χ0v) is 15.2. The summed E-state index contributed by atoms with van der Waals surface area (Å²) in [5.74, 6) is 1.74. The molecule has 0 spiro atoms. The van der Waals surface area contributed by atoms with E-state index in [1.54, 1.807) is 7.11 Å². The molecule has 6 nitrogen and oxygen atoms in total. The molecule has 6 heteroatoms. The van der Waals surface area contributed by atoms with Crippen molar-refractivity contribution in [2.24, 2.45) is 4.99 Å². The van der Waals surface area contributed by atoms with Gasteiger partial charge in [-0.25, -0.2) is 0 Å². The molecule has 2 rings (SSSR count). The van der Waals surface area contributed by atoms with Crippen LogP contribution in [0.15, 0.2) is 29.3 Å². The van der Waals surface area contributed by atoms with Crippen LogP contribution in [-0.2, 0) is 0 Å². The Balaban J connectivity index is 2.12. The van der Waals surface area contributed by atoms with Crippen LogP contribution >= 0.6 is 0 Å². The van der Waals surface area contributed by atoms with Gasteiger partial charge >= 0.3 is 0 Å². The first-order valence-corrected chi connectivity index (χ1v) is 8.56. The van der Waals surface area contributed by atoms with E-state index in [-0.39, 0.29) is 12.1 Å². The van der Waals surface area contributed by atoms with Gasteiger partial charge in [-0.1, -0.05) is 12.1 Å². The predicted molar refractivity (Wildman–Crippen MR) is 97.6 cm³/mol. The van der Waals surface area contributed by atoms with Crippen molar-refractivity contribution in [1.29, 1.82) is 0 Å². The van der Waals surface area contributed by atoms with Crippen LogP contribution in [0.2, 0.25) is 0 Å². The molecule has 0 aliphatic carbocycles. The first-order valence-electron chi connectivity index (χ1n) is 8.56. The van der Waals surface area contributed by atoms with Gasteiger partial charge in [-0.2, -0.15) is 0 Å². The van der Waals surface area contributed by atoms with Crippen LogP contribution in [-0.4, -0.2) is 74.4 Å². The van der Waals surface area contributed by atoms with Crippen LogP contribution in [0.25, 0.3) is 0 Å². The number of aliphatic hydroxyl groups is 1. The van der Waals surface area contributed by atoms with Crippen LogP contribution in [0.3, 0.4) is 0 Å². The maximum Gasteiger partial charge on any atom is 0.194 e. The number of rotatable bonds is 6. The van der Waals surface area contributed by atoms with Crippen molar-refractivity contribution in [3.63, 3.8) is 0 Å². The van der Waals surface area contributed by atoms with E-state index >= 15 is 0 Å². The number of aliphatic hydroxyl groups excluding tert-OH is 1. The lowest BCUT2D eigenvalue weighted by molar-refractivity contribution is 0.187. The fourth-order valence-corrected chi connectivity index (χ4v) is 2.93. The van der Waals surface area contributed by atoms with E-state index in [1.807, 2.05) is 12.1 Å². The number of nitrogens with zero attached hydrogens (tertiary/aromatic N) is 3. The standard InChI is InChI=1S/C18H30N4O2/c1-5-19-18(22-11-10-15(23)13-22)20-12-17(21(2)3)14-6-8-16(24-4)9-7-14/h6-9,15,17,23H,5,10-13H2,1-4H3,(H,19,20)/t15-,17?/m1/s1. The molecule has 1 aromatic rings. The molecule has 134 valence electrons. The van der Waals surface area contributed by atoms with E-state index in [2.05, 4.69) is 48.3 Å². The van der Waals surface area contributed by atoms with Crippen molar-refractivity contribution in [3.05, 3.63) is 29.8 Å². The van der Waals surface area contributed by atoms with Gasteiger partial charge in [0.05, 0.1) is 25.8 Å². The number of hydrogen-bond donors (Lipinski definition) is 2. The molecule has 1 heterocycles. The van der Waals surface area contributed by atoms with Crippen LogP contribution < -0.4 is 10.1 Å². The molecule has 1 fully saturated rings. The van der Waals surface area contributed by atoms with Gasteiger partial charge in [-0.05, 0) is 45.1 Å². The van der Waals surface area contributed by atoms with Crippen LogP contribution in [0.5, 0.6) is 5.75 Å². The van der Waals surface area contributed by atoms with Gasteiger partial charge in [0, 0.05) is 19.6 Å². The largest absolute Gasteiger partial charge is 0.497 e. The van der Waals surface area contributed by atoms with E-state index in [9.17, 15) is 5.11 Å². The molecule has 2 N–H and O–H groups in total. The van der Waals surface area contributed by atoms with Crippen LogP contribution in [0.1, 0.15) is 24.9 Å². The Morgan fingerprint density at radius 2 is 2.12 bits per heavy atom. The summed E-state index contributed by atoms with van der Waals surface area (Å²) in [6.45, 7) is 5.05. The molecule has 1 saturated heterocycles. The molecular formula is C18H30N4O2. The quantitative estimate of drug-likeness (QED) is 0.607. The lowest BCUT2D eigenvalue weighted by atomic mass is 10.1. The smallest absolute Gasteiger partial charge is 0.194 e. The second kappa shape index (κ2) is 8.89. The number of benzene rings is 1. The van der Waals surface area contributed by atoms with Crippen LogP contribution in [0, 0.1) is 0 Å². The number of hydrogen-bond acceptors (Lipinski definition) is 4. The second-order valence-electron chi connectivity index (χ2n) is 6.34. The maximum atomic E-state index is 9.77. The zero-order chi connectivity index (χ0) is 17.5. The highest BCUT2D eigenvalue weighted by Gasteiger charge is 2.23. The van der Waals surface area contributed by atoms with E-state index < -0.39 is 0 Å². The molecule has 0 bridgehead atoms. The summed E-state index contributed by atoms with van der Waals surface area (Å²) in [6.07, 6.45) is 0.556. The summed E-state index contributed by atoms with van der Waals surface area (Å²) in [6, 6.07) is 8.34. The summed E-state index contributed by atoms with van der Waals surface area (Å²) in [5, 5.41) is 13.1. The SMILES string of the molecule is CCNC(=NCC(c1ccc(OC)cc1)N(C)C)N1CC[C@@H](O)C1. The topological polar surface area (TPSA) is 60.3 Å². The Hall–Kier alpha value is -1.79. The van der Waals surface area contributed by atoms with Gasteiger partial charge in [-0.15, -0.1) is 0 Å². The minimum atomic E-state index is -0.250. The molecule has 1 unspecified atom stereocenters. The average molecular weight is 334 g/mol. The van der Waals surface area contributed by atoms with E-state index in [4.69, 9.17) is 9.73 Å². The Bertz CT molecular complexity index is 530. The lowest BCUT2D eigenvalue weighted by Crippen LogP contribution is -2.41. The summed E-state index contributed by atoms with van der Waals surface area (Å²) in [7, 11) is 5.81. The molecule has 1 aliphatic heterocycles. The van der Waals surface area contributed by atoms with Crippen molar-refractivity contribution >= 4 is 5.96 Å². The molecule has 0 radical (unpaired) electrons. The molecule has 24 heavy (non-hydrogen) atoms. The summed E-state index contributed by atoms with van der Waals surface area (Å²) < 4.78 is 5.24. The van der Waals surface area contributed by atoms with Gasteiger partial charge in [0.25, 0.3) is 0 Å². The highest BCUT2D eigenvalue weighted by Crippen LogP contribution is 2.22. The highest BCUT2D eigenvalue weighted by molar-refractivity contribution is 5.80. The number of aliphatic imine (C=N–C) groups is 1. The summed E-state index contributed by atoms with van der Waals surface area (Å²) >= 11 is 0. The minimum Gasteiger partial charge on any atom is -0.497 e. The van der Waals surface area contributed by atoms with Crippen molar-refractivity contribution in [3.8, 4) is 5.75 Å². The lowest BCUT2D eigenvalue weighted by Gasteiger charge is -2.26. The number of ether oxygens (including phenoxy) is 1. The van der Waals surface area contributed by atoms with Gasteiger partial charge in [-0.3, -0.25) is 4.99 Å². The minimum absolute atomic E-state index is 0.192. The molecular weight excluding hydrogens is 304 g/mol. The third-order valence-corrected chi connectivity index (χ3v) is 4.34. The van der Waals surface area contributed by atoms with Crippen molar-refractivity contribution in [1.82, 2.24) is 15.1 Å². The molecule has 0 aromatic heterocycles. The molecule has 1 aliphatic rings. The fourth-order valence-electron chi connectivity index (χ4n) is 2.93. The number of β-amino-alcohol motifs (C(OH)–C–C–N with tert-alkyl or cyclic N) is 1. The molecule has 1 aromatic carbocycles. The maximum absolute atomic E-state index is 9.77. The Labute approximate surface area is 145 Å². The highest BCUT2D eigenvalue weighted by atomic mass is 16.5. The van der Waals surface area contributed by atoms with Gasteiger partial charge in [0.15, 0.2) is 5.96 Å². The summed E-state index contributed by atoms with van der Waals surface area (Å²) in [4.78, 5) is 9.13. The molecule has 2 atom stereocenters. The number of methoxy groups -OCH3 is 1. The number of likely N-dealkylation sites (N-methyl/N-ethyl adjacent to an activating group) is 1. The Morgan fingerprint density at radius 1 is 1.42 bits per heavy atom. The van der Waals surface area contributed by atoms with Crippen molar-refractivity contribution < 1.29 is 9.84 Å². The zero-order valence-electron chi connectivity index (χ0n) is 15.2. The van der Waals surface area contributed by atoms with Crippen molar-refractivity contribution in [2.45, 2.75) is 25.5 Å². The van der Waals surface area contributed by atoms with Crippen LogP contribution in [0.4, 0.5) is 0 Å². The average Bonchev–Trinajstić information content (AvgIpc) is 3.00. The Kier molecular flexibility index (Phi) is 6.87. The number of likely N-dealkylation sites (tertiary alicyclic amines) is 1. The number of guanidine groups is 1. The predicted octanol–water partition coefficient (Wildman–Crippen LogP) is 1.33. The van der Waals surface area contributed by atoms with E-state index in [1.165, 1.54) is 5.56 Å². The molecule has 0 amide bonds.